The molecule has 1 aliphatic rings. The first-order chi connectivity index (χ1) is 10.4. The van der Waals surface area contributed by atoms with Gasteiger partial charge in [-0.25, -0.2) is 4.79 Å². The number of unbranched alkanes of at least 4 members (excludes halogenated alkanes) is 1. The van der Waals surface area contributed by atoms with Crippen LogP contribution in [0.15, 0.2) is 24.3 Å². The fourth-order valence-corrected chi connectivity index (χ4v) is 2.52. The number of esters is 1. The number of benzene rings is 1. The van der Waals surface area contributed by atoms with Crippen molar-refractivity contribution in [3.63, 3.8) is 0 Å². The number of nitrogens with zero attached hydrogens (tertiary/aromatic N) is 1. The molecular formula is C17H24N2O3. The summed E-state index contributed by atoms with van der Waals surface area (Å²) in [6, 6.07) is 6.86. The number of hydrogen-bond acceptors (Lipinski definition) is 4. The van der Waals surface area contributed by atoms with Crippen LogP contribution < -0.4 is 10.2 Å². The van der Waals surface area contributed by atoms with E-state index in [4.69, 9.17) is 4.74 Å². The Morgan fingerprint density at radius 2 is 2.05 bits per heavy atom. The van der Waals surface area contributed by atoms with E-state index in [2.05, 4.69) is 5.32 Å². The number of carbonyl (C=O) groups is 2. The van der Waals surface area contributed by atoms with Crippen LogP contribution >= 0.6 is 0 Å². The summed E-state index contributed by atoms with van der Waals surface area (Å²) in [6.07, 6.45) is 1.79. The van der Waals surface area contributed by atoms with Crippen molar-refractivity contribution < 1.29 is 14.3 Å². The summed E-state index contributed by atoms with van der Waals surface area (Å²) in [5.74, 6) is -0.500. The molecule has 120 valence electrons. The second kappa shape index (κ2) is 6.38. The Morgan fingerprint density at radius 3 is 2.73 bits per heavy atom. The van der Waals surface area contributed by atoms with Crippen molar-refractivity contribution in [3.05, 3.63) is 24.3 Å². The Hall–Kier alpha value is -2.04. The molecule has 0 aromatic heterocycles. The van der Waals surface area contributed by atoms with Crippen molar-refractivity contribution in [2.45, 2.75) is 52.1 Å². The predicted octanol–water partition coefficient (Wildman–Crippen LogP) is 2.96. The molecular weight excluding hydrogens is 280 g/mol. The standard InChI is InChI=1S/C17H24N2O3/c1-5-6-11-22-15(20)12(2)19-14-10-8-7-9-13(14)18-17(3,4)16(19)21/h7-10,12,18H,5-6,11H2,1-4H3. The average Bonchev–Trinajstić information content (AvgIpc) is 2.48. The van der Waals surface area contributed by atoms with Gasteiger partial charge in [-0.1, -0.05) is 25.5 Å². The van der Waals surface area contributed by atoms with Gasteiger partial charge in [-0.15, -0.1) is 0 Å². The van der Waals surface area contributed by atoms with Gasteiger partial charge in [-0.3, -0.25) is 9.69 Å². The third kappa shape index (κ3) is 3.08. The van der Waals surface area contributed by atoms with E-state index in [-0.39, 0.29) is 11.9 Å². The second-order valence-corrected chi connectivity index (χ2v) is 6.14. The maximum atomic E-state index is 12.7. The van der Waals surface area contributed by atoms with Crippen molar-refractivity contribution in [2.24, 2.45) is 0 Å². The van der Waals surface area contributed by atoms with Crippen LogP contribution in [0.4, 0.5) is 11.4 Å². The molecule has 0 radical (unpaired) electrons. The van der Waals surface area contributed by atoms with Crippen LogP contribution in [0.25, 0.3) is 0 Å². The summed E-state index contributed by atoms with van der Waals surface area (Å²) < 4.78 is 5.28. The molecule has 2 rings (SSSR count). The van der Waals surface area contributed by atoms with Crippen LogP contribution in [0, 0.1) is 0 Å². The highest BCUT2D eigenvalue weighted by molar-refractivity contribution is 6.10. The molecule has 1 aliphatic heterocycles. The lowest BCUT2D eigenvalue weighted by atomic mass is 9.96. The van der Waals surface area contributed by atoms with E-state index in [0.29, 0.717) is 12.3 Å². The average molecular weight is 304 g/mol. The number of carbonyl (C=O) groups excluding carboxylic acids is 2. The molecule has 0 fully saturated rings. The number of rotatable bonds is 5. The summed E-state index contributed by atoms with van der Waals surface area (Å²) >= 11 is 0. The van der Waals surface area contributed by atoms with Crippen LogP contribution in [-0.2, 0) is 14.3 Å². The molecule has 1 unspecified atom stereocenters. The summed E-state index contributed by atoms with van der Waals surface area (Å²) in [4.78, 5) is 26.5. The molecule has 1 N–H and O–H groups in total. The fraction of sp³-hybridized carbons (Fsp3) is 0.529. The molecule has 0 bridgehead atoms. The van der Waals surface area contributed by atoms with Crippen molar-refractivity contribution >= 4 is 23.3 Å². The van der Waals surface area contributed by atoms with Crippen LogP contribution in [0.5, 0.6) is 0 Å². The lowest BCUT2D eigenvalue weighted by Crippen LogP contribution is -2.58. The highest BCUT2D eigenvalue weighted by Gasteiger charge is 2.42. The summed E-state index contributed by atoms with van der Waals surface area (Å²) in [5.41, 5.74) is 0.804. The Labute approximate surface area is 131 Å². The quantitative estimate of drug-likeness (QED) is 0.671. The van der Waals surface area contributed by atoms with E-state index < -0.39 is 11.6 Å². The topological polar surface area (TPSA) is 58.6 Å². The zero-order chi connectivity index (χ0) is 16.3. The van der Waals surface area contributed by atoms with Gasteiger partial charge in [-0.2, -0.15) is 0 Å². The van der Waals surface area contributed by atoms with E-state index in [1.54, 1.807) is 11.8 Å². The molecule has 22 heavy (non-hydrogen) atoms. The Balaban J connectivity index is 2.27. The minimum absolute atomic E-state index is 0.133. The largest absolute Gasteiger partial charge is 0.464 e. The van der Waals surface area contributed by atoms with Gasteiger partial charge in [0.15, 0.2) is 0 Å². The highest BCUT2D eigenvalue weighted by Crippen LogP contribution is 2.36. The Bertz CT molecular complexity index is 569. The number of amides is 1. The number of para-hydroxylation sites is 2. The minimum atomic E-state index is -0.758. The van der Waals surface area contributed by atoms with Crippen LogP contribution in [0.1, 0.15) is 40.5 Å². The third-order valence-corrected chi connectivity index (χ3v) is 3.83. The third-order valence-electron chi connectivity index (χ3n) is 3.83. The molecule has 1 aromatic rings. The van der Waals surface area contributed by atoms with E-state index in [9.17, 15) is 9.59 Å². The summed E-state index contributed by atoms with van der Waals surface area (Å²) in [5, 5.41) is 3.22. The van der Waals surface area contributed by atoms with Gasteiger partial charge in [-0.05, 0) is 39.3 Å². The van der Waals surface area contributed by atoms with Crippen molar-refractivity contribution in [1.29, 1.82) is 0 Å². The minimum Gasteiger partial charge on any atom is -0.464 e. The first-order valence-electron chi connectivity index (χ1n) is 7.76. The molecule has 0 spiro atoms. The van der Waals surface area contributed by atoms with Gasteiger partial charge in [0, 0.05) is 0 Å². The molecule has 5 nitrogen and oxygen atoms in total. The Kier molecular flexibility index (Phi) is 4.74. The summed E-state index contributed by atoms with van der Waals surface area (Å²) in [6.45, 7) is 7.77. The van der Waals surface area contributed by atoms with Crippen molar-refractivity contribution in [1.82, 2.24) is 0 Å². The fourth-order valence-electron chi connectivity index (χ4n) is 2.52. The molecule has 1 aromatic carbocycles. The maximum absolute atomic E-state index is 12.7. The van der Waals surface area contributed by atoms with Gasteiger partial charge >= 0.3 is 5.97 Å². The molecule has 1 heterocycles. The van der Waals surface area contributed by atoms with E-state index >= 15 is 0 Å². The number of nitrogens with one attached hydrogen (secondary N) is 1. The maximum Gasteiger partial charge on any atom is 0.328 e. The molecule has 0 aliphatic carbocycles. The van der Waals surface area contributed by atoms with Crippen LogP contribution in [-0.4, -0.2) is 30.1 Å². The first kappa shape index (κ1) is 16.3. The normalized spacial score (nSPS) is 17.5. The van der Waals surface area contributed by atoms with Gasteiger partial charge in [0.05, 0.1) is 18.0 Å². The van der Waals surface area contributed by atoms with Gasteiger partial charge < -0.3 is 10.1 Å². The highest BCUT2D eigenvalue weighted by atomic mass is 16.5. The molecule has 0 saturated heterocycles. The zero-order valence-corrected chi connectivity index (χ0v) is 13.7. The van der Waals surface area contributed by atoms with Crippen LogP contribution in [0.3, 0.4) is 0 Å². The monoisotopic (exact) mass is 304 g/mol. The number of fused-ring (bicyclic) bond motifs is 1. The smallest absolute Gasteiger partial charge is 0.328 e. The Morgan fingerprint density at radius 1 is 1.36 bits per heavy atom. The summed E-state index contributed by atoms with van der Waals surface area (Å²) in [7, 11) is 0. The van der Waals surface area contributed by atoms with E-state index in [0.717, 1.165) is 18.5 Å². The lowest BCUT2D eigenvalue weighted by molar-refractivity contribution is -0.146. The van der Waals surface area contributed by atoms with E-state index in [1.807, 2.05) is 45.0 Å². The molecule has 1 atom stereocenters. The van der Waals surface area contributed by atoms with E-state index in [1.165, 1.54) is 0 Å². The van der Waals surface area contributed by atoms with Crippen molar-refractivity contribution in [3.8, 4) is 0 Å². The first-order valence-corrected chi connectivity index (χ1v) is 7.76. The van der Waals surface area contributed by atoms with Crippen LogP contribution in [0.2, 0.25) is 0 Å². The zero-order valence-electron chi connectivity index (χ0n) is 13.7. The lowest BCUT2D eigenvalue weighted by Gasteiger charge is -2.41. The van der Waals surface area contributed by atoms with Gasteiger partial charge in [0.25, 0.3) is 5.91 Å². The SMILES string of the molecule is CCCCOC(=O)C(C)N1C(=O)C(C)(C)Nc2ccccc21. The molecule has 0 saturated carbocycles. The van der Waals surface area contributed by atoms with Crippen molar-refractivity contribution in [2.75, 3.05) is 16.8 Å². The number of hydrogen-bond donors (Lipinski definition) is 1. The predicted molar refractivity (Wildman–Crippen MR) is 87.0 cm³/mol. The second-order valence-electron chi connectivity index (χ2n) is 6.14. The number of ether oxygens (including phenoxy) is 1. The molecule has 5 heteroatoms. The number of anilines is 2. The van der Waals surface area contributed by atoms with Gasteiger partial charge in [0.2, 0.25) is 0 Å². The van der Waals surface area contributed by atoms with Gasteiger partial charge in [0.1, 0.15) is 11.6 Å². The molecule has 1 amide bonds.